The highest BCUT2D eigenvalue weighted by Crippen LogP contribution is 2.20. The first-order valence-electron chi connectivity index (χ1n) is 4.26. The van der Waals surface area contributed by atoms with Crippen molar-refractivity contribution in [3.05, 3.63) is 0 Å². The van der Waals surface area contributed by atoms with Gasteiger partial charge in [-0.25, -0.2) is 0 Å². The van der Waals surface area contributed by atoms with Crippen molar-refractivity contribution in [1.82, 2.24) is 4.90 Å². The molecule has 0 aromatic carbocycles. The van der Waals surface area contributed by atoms with Gasteiger partial charge in [-0.15, -0.1) is 0 Å². The van der Waals surface area contributed by atoms with E-state index in [0.717, 1.165) is 0 Å². The van der Waals surface area contributed by atoms with E-state index in [4.69, 9.17) is 5.73 Å². The summed E-state index contributed by atoms with van der Waals surface area (Å²) in [5.41, 5.74) is 5.11. The molecule has 1 rings (SSSR count). The number of nitrogens with zero attached hydrogens (tertiary/aromatic N) is 1. The number of thioether (sulfide) groups is 1. The van der Waals surface area contributed by atoms with Crippen LogP contribution in [-0.2, 0) is 4.79 Å². The Hall–Kier alpha value is -0.220. The van der Waals surface area contributed by atoms with Crippen molar-refractivity contribution in [3.8, 4) is 0 Å². The molecule has 2 N–H and O–H groups in total. The van der Waals surface area contributed by atoms with Crippen LogP contribution in [0.25, 0.3) is 0 Å². The Labute approximate surface area is 77.7 Å². The quantitative estimate of drug-likeness (QED) is 0.693. The van der Waals surface area contributed by atoms with Gasteiger partial charge in [0.05, 0.1) is 6.54 Å². The summed E-state index contributed by atoms with van der Waals surface area (Å²) >= 11 is 1.99. The molecule has 1 aliphatic heterocycles. The molecule has 1 amide bonds. The van der Waals surface area contributed by atoms with Crippen LogP contribution in [0.15, 0.2) is 0 Å². The van der Waals surface area contributed by atoms with Crippen molar-refractivity contribution in [2.24, 2.45) is 5.73 Å². The molecule has 1 aliphatic rings. The third kappa shape index (κ3) is 3.03. The Morgan fingerprint density at radius 2 is 2.17 bits per heavy atom. The number of carbonyl (C=O) groups excluding carboxylic acids is 1. The first-order chi connectivity index (χ1) is 5.70. The van der Waals surface area contributed by atoms with E-state index in [9.17, 15) is 4.79 Å². The van der Waals surface area contributed by atoms with Crippen molar-refractivity contribution in [1.29, 1.82) is 0 Å². The number of likely N-dealkylation sites (N-methyl/N-ethyl adjacent to an activating group) is 1. The molecule has 1 saturated heterocycles. The second kappa shape index (κ2) is 4.72. The van der Waals surface area contributed by atoms with Gasteiger partial charge in [-0.2, -0.15) is 11.8 Å². The molecule has 0 aliphatic carbocycles. The Balaban J connectivity index is 2.29. The molecule has 12 heavy (non-hydrogen) atoms. The molecule has 0 saturated carbocycles. The van der Waals surface area contributed by atoms with Gasteiger partial charge in [0.2, 0.25) is 5.91 Å². The molecule has 4 heteroatoms. The van der Waals surface area contributed by atoms with Gasteiger partial charge >= 0.3 is 0 Å². The highest BCUT2D eigenvalue weighted by Gasteiger charge is 2.18. The minimum absolute atomic E-state index is 0.226. The zero-order valence-corrected chi connectivity index (χ0v) is 8.27. The maximum Gasteiger partial charge on any atom is 0.231 e. The van der Waals surface area contributed by atoms with Crippen molar-refractivity contribution in [3.63, 3.8) is 0 Å². The lowest BCUT2D eigenvalue weighted by molar-refractivity contribution is -0.119. The maximum atomic E-state index is 10.6. The number of rotatable bonds is 3. The average Bonchev–Trinajstić information content (AvgIpc) is 2.05. The lowest BCUT2D eigenvalue weighted by atomic mass is 10.1. The summed E-state index contributed by atoms with van der Waals surface area (Å²) in [6.07, 6.45) is 2.38. The molecule has 0 spiro atoms. The fraction of sp³-hybridized carbons (Fsp3) is 0.875. The normalized spacial score (nSPS) is 19.8. The van der Waals surface area contributed by atoms with Gasteiger partial charge in [-0.05, 0) is 31.4 Å². The molecule has 0 aromatic heterocycles. The van der Waals surface area contributed by atoms with E-state index >= 15 is 0 Å². The van der Waals surface area contributed by atoms with Gasteiger partial charge in [0, 0.05) is 6.04 Å². The fourth-order valence-corrected chi connectivity index (χ4v) is 2.58. The number of nitrogens with two attached hydrogens (primary N) is 1. The van der Waals surface area contributed by atoms with Crippen LogP contribution in [-0.4, -0.2) is 41.9 Å². The van der Waals surface area contributed by atoms with Gasteiger partial charge < -0.3 is 5.73 Å². The Morgan fingerprint density at radius 1 is 1.58 bits per heavy atom. The summed E-state index contributed by atoms with van der Waals surface area (Å²) in [7, 11) is 1.98. The van der Waals surface area contributed by atoms with Gasteiger partial charge in [-0.3, -0.25) is 9.69 Å². The van der Waals surface area contributed by atoms with Crippen LogP contribution in [0.5, 0.6) is 0 Å². The number of amides is 1. The third-order valence-corrected chi connectivity index (χ3v) is 3.27. The number of primary amides is 1. The summed E-state index contributed by atoms with van der Waals surface area (Å²) < 4.78 is 0. The SMILES string of the molecule is CN(CC(N)=O)C1CCSCC1. The highest BCUT2D eigenvalue weighted by molar-refractivity contribution is 7.99. The fourth-order valence-electron chi connectivity index (χ4n) is 1.50. The van der Waals surface area contributed by atoms with E-state index in [1.54, 1.807) is 0 Å². The van der Waals surface area contributed by atoms with Gasteiger partial charge in [0.15, 0.2) is 0 Å². The van der Waals surface area contributed by atoms with E-state index in [-0.39, 0.29) is 5.91 Å². The third-order valence-electron chi connectivity index (χ3n) is 2.22. The van der Waals surface area contributed by atoms with Gasteiger partial charge in [-0.1, -0.05) is 0 Å². The number of hydrogen-bond acceptors (Lipinski definition) is 3. The lowest BCUT2D eigenvalue weighted by Gasteiger charge is -2.29. The molecule has 3 nitrogen and oxygen atoms in total. The lowest BCUT2D eigenvalue weighted by Crippen LogP contribution is -2.40. The molecule has 0 aromatic rings. The Kier molecular flexibility index (Phi) is 3.88. The highest BCUT2D eigenvalue weighted by atomic mass is 32.2. The van der Waals surface area contributed by atoms with Crippen LogP contribution in [0.2, 0.25) is 0 Å². The Bertz CT molecular complexity index is 157. The maximum absolute atomic E-state index is 10.6. The van der Waals surface area contributed by atoms with E-state index in [0.29, 0.717) is 12.6 Å². The van der Waals surface area contributed by atoms with Crippen molar-refractivity contribution < 1.29 is 4.79 Å². The van der Waals surface area contributed by atoms with Crippen LogP contribution in [0.1, 0.15) is 12.8 Å². The summed E-state index contributed by atoms with van der Waals surface area (Å²) in [5.74, 6) is 2.21. The molecular weight excluding hydrogens is 172 g/mol. The van der Waals surface area contributed by atoms with E-state index in [1.165, 1.54) is 24.3 Å². The topological polar surface area (TPSA) is 46.3 Å². The van der Waals surface area contributed by atoms with Gasteiger partial charge in [0.25, 0.3) is 0 Å². The van der Waals surface area contributed by atoms with E-state index in [1.807, 2.05) is 18.8 Å². The number of carbonyl (C=O) groups is 1. The van der Waals surface area contributed by atoms with Crippen LogP contribution in [0, 0.1) is 0 Å². The zero-order chi connectivity index (χ0) is 8.97. The summed E-state index contributed by atoms with van der Waals surface area (Å²) in [5, 5.41) is 0. The number of hydrogen-bond donors (Lipinski definition) is 1. The van der Waals surface area contributed by atoms with E-state index < -0.39 is 0 Å². The average molecular weight is 188 g/mol. The van der Waals surface area contributed by atoms with E-state index in [2.05, 4.69) is 4.90 Å². The summed E-state index contributed by atoms with van der Waals surface area (Å²) in [6, 6.07) is 0.568. The molecule has 0 bridgehead atoms. The Morgan fingerprint density at radius 3 is 2.67 bits per heavy atom. The zero-order valence-electron chi connectivity index (χ0n) is 7.45. The first-order valence-corrected chi connectivity index (χ1v) is 5.42. The second-order valence-electron chi connectivity index (χ2n) is 3.22. The summed E-state index contributed by atoms with van der Waals surface area (Å²) in [4.78, 5) is 12.7. The van der Waals surface area contributed by atoms with Crippen molar-refractivity contribution in [2.75, 3.05) is 25.1 Å². The van der Waals surface area contributed by atoms with Crippen molar-refractivity contribution in [2.45, 2.75) is 18.9 Å². The monoisotopic (exact) mass is 188 g/mol. The van der Waals surface area contributed by atoms with Crippen molar-refractivity contribution >= 4 is 17.7 Å². The predicted octanol–water partition coefficient (Wildman–Crippen LogP) is 0.299. The molecule has 1 heterocycles. The minimum atomic E-state index is -0.226. The minimum Gasteiger partial charge on any atom is -0.369 e. The molecule has 0 unspecified atom stereocenters. The molecule has 0 radical (unpaired) electrons. The second-order valence-corrected chi connectivity index (χ2v) is 4.45. The predicted molar refractivity (Wildman–Crippen MR) is 52.2 cm³/mol. The smallest absolute Gasteiger partial charge is 0.231 e. The van der Waals surface area contributed by atoms with Crippen LogP contribution < -0.4 is 5.73 Å². The molecule has 70 valence electrons. The molecule has 0 atom stereocenters. The standard InChI is InChI=1S/C8H16N2OS/c1-10(6-8(9)11)7-2-4-12-5-3-7/h7H,2-6H2,1H3,(H2,9,11). The molecule has 1 fully saturated rings. The van der Waals surface area contributed by atoms with Crippen LogP contribution in [0.3, 0.4) is 0 Å². The van der Waals surface area contributed by atoms with Crippen LogP contribution in [0.4, 0.5) is 0 Å². The van der Waals surface area contributed by atoms with Crippen LogP contribution >= 0.6 is 11.8 Å². The first kappa shape index (κ1) is 9.86. The van der Waals surface area contributed by atoms with Gasteiger partial charge in [0.1, 0.15) is 0 Å². The summed E-state index contributed by atoms with van der Waals surface area (Å²) in [6.45, 7) is 0.398. The molecular formula is C8H16N2OS. The largest absolute Gasteiger partial charge is 0.369 e.